The molecule has 0 spiro atoms. The standard InChI is InChI=1S/C16H38B11N5O2/c1-6-2-3-11(17,5-12(6,18)34)31-9-7(8(28)33)4-29-10(30-9)32-13(14(19,20)21,15(22,23)24)16(25,26)27/h4,6,34H,2-3,5,17-27H2,1H3,(H2,28,33)(H2,29,30,31,32). The van der Waals surface area contributed by atoms with Crippen molar-refractivity contribution in [3.05, 3.63) is 11.8 Å². The lowest BCUT2D eigenvalue weighted by atomic mass is 9.12. The third kappa shape index (κ3) is 5.47. The van der Waals surface area contributed by atoms with Crippen molar-refractivity contribution >= 4 is 104 Å². The number of carbonyl (C=O) groups is 1. The van der Waals surface area contributed by atoms with Crippen molar-refractivity contribution in [1.82, 2.24) is 9.97 Å². The van der Waals surface area contributed by atoms with E-state index in [2.05, 4.69) is 101 Å². The van der Waals surface area contributed by atoms with Crippen molar-refractivity contribution in [2.24, 2.45) is 11.7 Å². The maximum Gasteiger partial charge on any atom is 0.254 e. The molecule has 1 aromatic rings. The predicted molar refractivity (Wildman–Crippen MR) is 173 cm³/mol. The molecule has 5 N–H and O–H groups in total. The topological polar surface area (TPSA) is 113 Å². The second kappa shape index (κ2) is 9.04. The summed E-state index contributed by atoms with van der Waals surface area (Å²) < 4.78 is 0. The van der Waals surface area contributed by atoms with Gasteiger partial charge in [-0.1, -0.05) is 22.3 Å². The molecule has 1 saturated carbocycles. The van der Waals surface area contributed by atoms with E-state index in [1.54, 1.807) is 0 Å². The fraction of sp³-hybridized carbons (Fsp3) is 0.688. The van der Waals surface area contributed by atoms with Gasteiger partial charge in [-0.3, -0.25) is 4.79 Å². The van der Waals surface area contributed by atoms with Crippen LogP contribution < -0.4 is 16.4 Å². The number of rotatable bonds is 8. The monoisotopic (exact) mass is 453 g/mol. The lowest BCUT2D eigenvalue weighted by molar-refractivity contribution is 0.0245. The summed E-state index contributed by atoms with van der Waals surface area (Å²) in [6.07, 6.45) is 3.78. The minimum absolute atomic E-state index is 0.146. The number of amides is 1. The number of primary amides is 1. The normalized spacial score (nSPS) is 26.5. The Hall–Kier alpha value is -1.18. The molecule has 0 bridgehead atoms. The highest BCUT2D eigenvalue weighted by Gasteiger charge is 2.56. The van der Waals surface area contributed by atoms with Gasteiger partial charge in [-0.05, 0) is 30.7 Å². The molecule has 1 aromatic heterocycles. The molecule has 1 amide bonds. The molecule has 1 aliphatic rings. The van der Waals surface area contributed by atoms with Gasteiger partial charge in [0.25, 0.3) is 5.91 Å². The second-order valence-electron chi connectivity index (χ2n) is 14.1. The van der Waals surface area contributed by atoms with Gasteiger partial charge in [0.05, 0.1) is 76.2 Å². The van der Waals surface area contributed by atoms with Crippen LogP contribution in [0.5, 0.6) is 0 Å². The molecule has 0 radical (unpaired) electrons. The van der Waals surface area contributed by atoms with Gasteiger partial charge in [-0.2, -0.15) is 4.98 Å². The van der Waals surface area contributed by atoms with Gasteiger partial charge in [-0.25, -0.2) is 4.98 Å². The van der Waals surface area contributed by atoms with E-state index >= 15 is 0 Å². The summed E-state index contributed by atoms with van der Waals surface area (Å²) in [5.74, 6) is 0.476. The Bertz CT molecular complexity index is 895. The highest BCUT2D eigenvalue weighted by atomic mass is 16.3. The summed E-state index contributed by atoms with van der Waals surface area (Å²) in [6, 6.07) is 0. The van der Waals surface area contributed by atoms with Crippen LogP contribution in [0.4, 0.5) is 11.8 Å². The molecule has 0 saturated heterocycles. The zero-order valence-electron chi connectivity index (χ0n) is 23.6. The molecule has 1 heterocycles. The van der Waals surface area contributed by atoms with Gasteiger partial charge < -0.3 is 21.5 Å². The first-order valence-corrected chi connectivity index (χ1v) is 12.5. The van der Waals surface area contributed by atoms with Crippen LogP contribution in [0.2, 0.25) is 15.3 Å². The number of hydrogen-bond donors (Lipinski definition) is 4. The van der Waals surface area contributed by atoms with E-state index < -0.39 is 22.4 Å². The second-order valence-corrected chi connectivity index (χ2v) is 14.1. The number of nitrogens with two attached hydrogens (primary N) is 1. The molecule has 7 nitrogen and oxygen atoms in total. The Morgan fingerprint density at radius 3 is 2.00 bits per heavy atom. The van der Waals surface area contributed by atoms with Crippen LogP contribution >= 0.6 is 0 Å². The number of nitrogens with one attached hydrogen (secondary N) is 2. The minimum atomic E-state index is -0.805. The average Bonchev–Trinajstić information content (AvgIpc) is 2.59. The van der Waals surface area contributed by atoms with Crippen molar-refractivity contribution in [2.75, 3.05) is 10.6 Å². The van der Waals surface area contributed by atoms with Crippen LogP contribution in [0, 0.1) is 5.92 Å². The van der Waals surface area contributed by atoms with Crippen molar-refractivity contribution in [1.29, 1.82) is 0 Å². The van der Waals surface area contributed by atoms with Gasteiger partial charge in [0.2, 0.25) is 5.95 Å². The fourth-order valence-corrected chi connectivity index (χ4v) is 7.11. The quantitative estimate of drug-likeness (QED) is 0.292. The van der Waals surface area contributed by atoms with E-state index in [9.17, 15) is 9.90 Å². The van der Waals surface area contributed by atoms with Gasteiger partial charge in [-0.15, -0.1) is 0 Å². The highest BCUT2D eigenvalue weighted by molar-refractivity contribution is 6.71. The summed E-state index contributed by atoms with van der Waals surface area (Å²) in [6.45, 7) is 2.08. The Labute approximate surface area is 215 Å². The molecule has 0 aromatic carbocycles. The summed E-state index contributed by atoms with van der Waals surface area (Å²) in [7, 11) is 24.1. The fourth-order valence-electron chi connectivity index (χ4n) is 7.11. The Morgan fingerprint density at radius 1 is 1.09 bits per heavy atom. The molecule has 1 fully saturated rings. The molecule has 1 aliphatic carbocycles. The smallest absolute Gasteiger partial charge is 0.254 e. The van der Waals surface area contributed by atoms with Crippen molar-refractivity contribution in [3.63, 3.8) is 0 Å². The number of hydrogen-bond acceptors (Lipinski definition) is 6. The van der Waals surface area contributed by atoms with E-state index in [-0.39, 0.29) is 26.8 Å². The van der Waals surface area contributed by atoms with E-state index in [1.165, 1.54) is 6.20 Å². The Balaban J connectivity index is 2.59. The lowest BCUT2D eigenvalue weighted by Gasteiger charge is -2.63. The van der Waals surface area contributed by atoms with E-state index in [1.807, 2.05) is 7.85 Å². The lowest BCUT2D eigenvalue weighted by Crippen LogP contribution is -2.67. The van der Waals surface area contributed by atoms with Gasteiger partial charge in [0, 0.05) is 17.1 Å². The van der Waals surface area contributed by atoms with Crippen LogP contribution in [-0.2, 0) is 0 Å². The first-order chi connectivity index (χ1) is 15.1. The largest absolute Gasteiger partial charge is 0.399 e. The number of aliphatic hydroxyl groups is 1. The molecule has 18 heteroatoms. The number of nitrogens with zero attached hydrogens (tertiary/aromatic N) is 2. The molecule has 172 valence electrons. The first kappa shape index (κ1) is 29.1. The Morgan fingerprint density at radius 2 is 1.59 bits per heavy atom. The average molecular weight is 451 g/mol. The van der Waals surface area contributed by atoms with Gasteiger partial charge in [0.1, 0.15) is 21.5 Å². The summed E-state index contributed by atoms with van der Waals surface area (Å²) in [5, 5.41) is 17.7. The molecule has 3 atom stereocenters. The van der Waals surface area contributed by atoms with E-state index in [0.717, 1.165) is 12.8 Å². The number of carbonyl (C=O) groups excluding carboxylic acids is 1. The van der Waals surface area contributed by atoms with Crippen LogP contribution in [0.25, 0.3) is 0 Å². The summed E-state index contributed by atoms with van der Waals surface area (Å²) in [5.41, 5.74) is 4.31. The van der Waals surface area contributed by atoms with Crippen LogP contribution in [0.3, 0.4) is 0 Å². The maximum atomic E-state index is 12.3. The molecule has 2 rings (SSSR count). The van der Waals surface area contributed by atoms with Crippen molar-refractivity contribution in [2.45, 2.75) is 58.0 Å². The van der Waals surface area contributed by atoms with Crippen LogP contribution in [-0.4, -0.2) is 124 Å². The highest BCUT2D eigenvalue weighted by Crippen LogP contribution is 2.55. The summed E-state index contributed by atoms with van der Waals surface area (Å²) in [4.78, 5) is 21.6. The van der Waals surface area contributed by atoms with E-state index in [4.69, 9.17) is 10.7 Å². The van der Waals surface area contributed by atoms with Crippen LogP contribution in [0.15, 0.2) is 6.20 Å². The molecule has 3 unspecified atom stereocenters. The zero-order valence-corrected chi connectivity index (χ0v) is 23.6. The maximum absolute atomic E-state index is 12.3. The van der Waals surface area contributed by atoms with Gasteiger partial charge in [0.15, 0.2) is 0 Å². The summed E-state index contributed by atoms with van der Waals surface area (Å²) >= 11 is 0. The third-order valence-corrected chi connectivity index (χ3v) is 8.09. The first-order valence-electron chi connectivity index (χ1n) is 12.5. The van der Waals surface area contributed by atoms with Crippen LogP contribution in [0.1, 0.15) is 36.5 Å². The minimum Gasteiger partial charge on any atom is -0.399 e. The van der Waals surface area contributed by atoms with Crippen molar-refractivity contribution < 1.29 is 9.90 Å². The third-order valence-electron chi connectivity index (χ3n) is 8.09. The number of aromatic nitrogens is 2. The van der Waals surface area contributed by atoms with Crippen molar-refractivity contribution in [3.8, 4) is 0 Å². The SMILES string of the molecule is BC1(Nc2nc(NC(C(B)(B)B)(C(B)(B)B)C(B)(B)B)ncc2C(N)=O)CCC(C)C(B)(O)C1. The van der Waals surface area contributed by atoms with E-state index in [0.29, 0.717) is 18.2 Å². The Kier molecular flexibility index (Phi) is 7.73. The van der Waals surface area contributed by atoms with Gasteiger partial charge >= 0.3 is 0 Å². The zero-order chi connectivity index (χ0) is 26.5. The molecular formula is C16H38B11N5O2. The predicted octanol–water partition coefficient (Wildman–Crippen LogP) is -9.47. The molecular weight excluding hydrogens is 413 g/mol. The molecule has 34 heavy (non-hydrogen) atoms. The number of anilines is 2. The molecule has 0 aliphatic heterocycles.